The van der Waals surface area contributed by atoms with E-state index in [9.17, 15) is 14.4 Å². The summed E-state index contributed by atoms with van der Waals surface area (Å²) < 4.78 is 0. The highest BCUT2D eigenvalue weighted by atomic mass is 35.5. The molecule has 0 saturated heterocycles. The number of anilines is 2. The number of hydrogen-bond donors (Lipinski definition) is 3. The largest absolute Gasteiger partial charge is 0.325 e. The molecule has 0 aliphatic heterocycles. The van der Waals surface area contributed by atoms with Gasteiger partial charge >= 0.3 is 0 Å². The number of aryl methyl sites for hydroxylation is 2. The summed E-state index contributed by atoms with van der Waals surface area (Å²) in [5.74, 6) is -0.994. The van der Waals surface area contributed by atoms with Gasteiger partial charge in [0.1, 0.15) is 5.70 Å². The molecule has 8 heteroatoms. The molecule has 0 aliphatic carbocycles. The van der Waals surface area contributed by atoms with Crippen molar-refractivity contribution >= 4 is 58.5 Å². The highest BCUT2D eigenvalue weighted by Gasteiger charge is 2.20. The summed E-state index contributed by atoms with van der Waals surface area (Å²) in [7, 11) is 0. The predicted octanol–water partition coefficient (Wildman–Crippen LogP) is 7.88. The first-order chi connectivity index (χ1) is 20.2. The maximum Gasteiger partial charge on any atom is 0.272 e. The first kappa shape index (κ1) is 30.6. The molecule has 42 heavy (non-hydrogen) atoms. The second-order valence-corrected chi connectivity index (χ2v) is 11.4. The number of carbonyl (C=O) groups excluding carboxylic acids is 3. The maximum absolute atomic E-state index is 13.4. The summed E-state index contributed by atoms with van der Waals surface area (Å²) in [5, 5.41) is 8.82. The zero-order valence-corrected chi connectivity index (χ0v) is 25.2. The molecule has 1 atom stereocenters. The van der Waals surface area contributed by atoms with E-state index < -0.39 is 5.91 Å². The van der Waals surface area contributed by atoms with Gasteiger partial charge in [-0.2, -0.15) is 0 Å². The van der Waals surface area contributed by atoms with Crippen LogP contribution < -0.4 is 16.0 Å². The Morgan fingerprint density at radius 2 is 1.55 bits per heavy atom. The molecule has 4 aromatic rings. The van der Waals surface area contributed by atoms with Crippen LogP contribution in [-0.2, 0) is 9.59 Å². The van der Waals surface area contributed by atoms with Crippen LogP contribution in [-0.4, -0.2) is 23.0 Å². The molecule has 0 aliphatic rings. The number of halogens is 1. The summed E-state index contributed by atoms with van der Waals surface area (Å²) in [5.41, 5.74) is 4.52. The highest BCUT2D eigenvalue weighted by molar-refractivity contribution is 8.00. The monoisotopic (exact) mass is 597 g/mol. The molecule has 3 N–H and O–H groups in total. The molecule has 0 bridgehead atoms. The molecule has 4 rings (SSSR count). The van der Waals surface area contributed by atoms with Crippen molar-refractivity contribution in [1.29, 1.82) is 0 Å². The van der Waals surface area contributed by atoms with Crippen molar-refractivity contribution in [3.63, 3.8) is 0 Å². The van der Waals surface area contributed by atoms with Gasteiger partial charge in [0.05, 0.1) is 5.25 Å². The van der Waals surface area contributed by atoms with Gasteiger partial charge in [-0.1, -0.05) is 78.7 Å². The molecule has 6 nitrogen and oxygen atoms in total. The van der Waals surface area contributed by atoms with E-state index >= 15 is 0 Å². The molecular weight excluding hydrogens is 566 g/mol. The van der Waals surface area contributed by atoms with E-state index in [1.54, 1.807) is 42.5 Å². The van der Waals surface area contributed by atoms with Crippen LogP contribution in [0.25, 0.3) is 6.08 Å². The van der Waals surface area contributed by atoms with Crippen LogP contribution in [0.5, 0.6) is 0 Å². The summed E-state index contributed by atoms with van der Waals surface area (Å²) in [6, 6.07) is 29.1. The molecule has 0 spiro atoms. The Labute approximate surface area is 255 Å². The van der Waals surface area contributed by atoms with Crippen LogP contribution in [0.4, 0.5) is 11.4 Å². The number of hydrogen-bond acceptors (Lipinski definition) is 4. The Bertz CT molecular complexity index is 1600. The van der Waals surface area contributed by atoms with Crippen molar-refractivity contribution in [2.75, 3.05) is 10.6 Å². The van der Waals surface area contributed by atoms with Crippen LogP contribution in [0.1, 0.15) is 40.4 Å². The molecular formula is C34H32ClN3O3S. The minimum Gasteiger partial charge on any atom is -0.325 e. The van der Waals surface area contributed by atoms with Gasteiger partial charge in [0, 0.05) is 26.9 Å². The first-order valence-electron chi connectivity index (χ1n) is 13.5. The van der Waals surface area contributed by atoms with Gasteiger partial charge in [0.25, 0.3) is 11.8 Å². The smallest absolute Gasteiger partial charge is 0.272 e. The molecule has 1 unspecified atom stereocenters. The molecule has 0 fully saturated rings. The van der Waals surface area contributed by atoms with E-state index in [-0.39, 0.29) is 22.8 Å². The van der Waals surface area contributed by atoms with Crippen LogP contribution in [0.2, 0.25) is 5.02 Å². The Morgan fingerprint density at radius 1 is 0.833 bits per heavy atom. The normalized spacial score (nSPS) is 11.9. The SMILES string of the molecule is CCC(Sc1cccc(NC(=O)/C(=C/c2ccc(C)cc2)NC(=O)c2ccccc2)c1)C(=O)Nc1ccc(C)c(Cl)c1. The van der Waals surface area contributed by atoms with Crippen LogP contribution in [0, 0.1) is 13.8 Å². The minimum atomic E-state index is -0.469. The first-order valence-corrected chi connectivity index (χ1v) is 14.8. The Balaban J connectivity index is 1.49. The average molecular weight is 598 g/mol. The fourth-order valence-corrected chi connectivity index (χ4v) is 5.19. The summed E-state index contributed by atoms with van der Waals surface area (Å²) in [6.07, 6.45) is 2.24. The van der Waals surface area contributed by atoms with Crippen molar-refractivity contribution < 1.29 is 14.4 Å². The quantitative estimate of drug-likeness (QED) is 0.128. The molecule has 4 aromatic carbocycles. The average Bonchev–Trinajstić information content (AvgIpc) is 2.99. The summed E-state index contributed by atoms with van der Waals surface area (Å²) in [4.78, 5) is 40.2. The van der Waals surface area contributed by atoms with Crippen LogP contribution in [0.15, 0.2) is 108 Å². The van der Waals surface area contributed by atoms with E-state index in [0.29, 0.717) is 28.4 Å². The van der Waals surface area contributed by atoms with Gasteiger partial charge in [-0.05, 0) is 79.9 Å². The molecule has 214 valence electrons. The van der Waals surface area contributed by atoms with Gasteiger partial charge in [0.15, 0.2) is 0 Å². The lowest BCUT2D eigenvalue weighted by atomic mass is 10.1. The lowest BCUT2D eigenvalue weighted by Crippen LogP contribution is -2.30. The lowest BCUT2D eigenvalue weighted by Gasteiger charge is -2.16. The third kappa shape index (κ3) is 8.59. The van der Waals surface area contributed by atoms with E-state index in [1.165, 1.54) is 11.8 Å². The lowest BCUT2D eigenvalue weighted by molar-refractivity contribution is -0.116. The molecule has 0 aromatic heterocycles. The highest BCUT2D eigenvalue weighted by Crippen LogP contribution is 2.29. The number of amides is 3. The molecule has 3 amide bonds. The zero-order chi connectivity index (χ0) is 30.1. The van der Waals surface area contributed by atoms with E-state index in [0.717, 1.165) is 21.6 Å². The number of benzene rings is 4. The van der Waals surface area contributed by atoms with Crippen molar-refractivity contribution in [1.82, 2.24) is 5.32 Å². The van der Waals surface area contributed by atoms with Crippen molar-refractivity contribution in [2.45, 2.75) is 37.3 Å². The molecule has 0 radical (unpaired) electrons. The van der Waals surface area contributed by atoms with Gasteiger partial charge in [-0.3, -0.25) is 14.4 Å². The zero-order valence-electron chi connectivity index (χ0n) is 23.6. The Kier molecular flexibility index (Phi) is 10.6. The number of nitrogens with one attached hydrogen (secondary N) is 3. The molecule has 0 heterocycles. The van der Waals surface area contributed by atoms with Gasteiger partial charge in [-0.25, -0.2) is 0 Å². The fraction of sp³-hybridized carbons (Fsp3) is 0.147. The van der Waals surface area contributed by atoms with Gasteiger partial charge < -0.3 is 16.0 Å². The number of thioether (sulfide) groups is 1. The van der Waals surface area contributed by atoms with Crippen molar-refractivity contribution in [3.05, 3.63) is 130 Å². The Hall–Kier alpha value is -4.33. The number of carbonyl (C=O) groups is 3. The van der Waals surface area contributed by atoms with E-state index in [1.807, 2.05) is 81.4 Å². The fourth-order valence-electron chi connectivity index (χ4n) is 4.00. The topological polar surface area (TPSA) is 87.3 Å². The third-order valence-electron chi connectivity index (χ3n) is 6.39. The third-order valence-corrected chi connectivity index (χ3v) is 8.16. The van der Waals surface area contributed by atoms with Gasteiger partial charge in [0.2, 0.25) is 5.91 Å². The van der Waals surface area contributed by atoms with E-state index in [4.69, 9.17) is 11.6 Å². The van der Waals surface area contributed by atoms with Crippen molar-refractivity contribution in [2.24, 2.45) is 0 Å². The van der Waals surface area contributed by atoms with Gasteiger partial charge in [-0.15, -0.1) is 11.8 Å². The number of rotatable bonds is 10. The minimum absolute atomic E-state index is 0.105. The molecule has 0 saturated carbocycles. The second kappa shape index (κ2) is 14.5. The van der Waals surface area contributed by atoms with Crippen molar-refractivity contribution in [3.8, 4) is 0 Å². The van der Waals surface area contributed by atoms with E-state index in [2.05, 4.69) is 16.0 Å². The predicted molar refractivity (Wildman–Crippen MR) is 173 cm³/mol. The second-order valence-electron chi connectivity index (χ2n) is 9.74. The van der Waals surface area contributed by atoms with Crippen LogP contribution in [0.3, 0.4) is 0 Å². The Morgan fingerprint density at radius 3 is 2.24 bits per heavy atom. The standard InChI is InChI=1S/C34H32ClN3O3S/c1-4-31(34(41)37-27-18-15-23(3)29(35)21-27)42-28-12-8-11-26(20-28)36-33(40)30(19-24-16-13-22(2)14-17-24)38-32(39)25-9-6-5-7-10-25/h5-21,31H,4H2,1-3H3,(H,36,40)(H,37,41)(H,38,39)/b30-19-. The summed E-state index contributed by atoms with van der Waals surface area (Å²) >= 11 is 7.62. The summed E-state index contributed by atoms with van der Waals surface area (Å²) in [6.45, 7) is 5.83. The maximum atomic E-state index is 13.4. The van der Waals surface area contributed by atoms with Crippen LogP contribution >= 0.6 is 23.4 Å².